The fraction of sp³-hybridized carbons (Fsp3) is 1.00. The number of nitrogens with two attached hydrogens (primary N) is 2. The van der Waals surface area contributed by atoms with Gasteiger partial charge >= 0.3 is 0 Å². The van der Waals surface area contributed by atoms with E-state index in [1.807, 2.05) is 0 Å². The predicted molar refractivity (Wildman–Crippen MR) is 41.1 cm³/mol. The summed E-state index contributed by atoms with van der Waals surface area (Å²) in [6.45, 7) is 5.07. The van der Waals surface area contributed by atoms with Gasteiger partial charge in [0.05, 0.1) is 0 Å². The van der Waals surface area contributed by atoms with Crippen molar-refractivity contribution >= 4 is 0 Å². The first-order chi connectivity index (χ1) is 4.16. The second kappa shape index (κ2) is 4.77. The highest BCUT2D eigenvalue weighted by Gasteiger charge is 2.02. The lowest BCUT2D eigenvalue weighted by Crippen LogP contribution is -2.25. The van der Waals surface area contributed by atoms with Crippen molar-refractivity contribution < 1.29 is 0 Å². The Bertz CT molecular complexity index is 61.9. The zero-order valence-electron chi connectivity index (χ0n) is 6.43. The summed E-state index contributed by atoms with van der Waals surface area (Å²) in [5.74, 6) is 0.701. The van der Waals surface area contributed by atoms with Crippen molar-refractivity contribution in [3.8, 4) is 0 Å². The first-order valence-electron chi connectivity index (χ1n) is 3.62. The van der Waals surface area contributed by atoms with E-state index in [1.165, 1.54) is 0 Å². The molecule has 0 bridgehead atoms. The Labute approximate surface area is 57.6 Å². The molecular weight excluding hydrogens is 112 g/mol. The Hall–Kier alpha value is -0.0800. The fourth-order valence-corrected chi connectivity index (χ4v) is 0.937. The average Bonchev–Trinajstić information content (AvgIpc) is 1.63. The highest BCUT2D eigenvalue weighted by molar-refractivity contribution is 4.62. The Kier molecular flexibility index (Phi) is 4.72. The van der Waals surface area contributed by atoms with Crippen LogP contribution < -0.4 is 11.5 Å². The van der Waals surface area contributed by atoms with Crippen LogP contribution in [0.3, 0.4) is 0 Å². The molecule has 1 atom stereocenters. The molecular formula is C7H18N2. The van der Waals surface area contributed by atoms with Crippen LogP contribution in [0.15, 0.2) is 0 Å². The van der Waals surface area contributed by atoms with Crippen molar-refractivity contribution in [3.05, 3.63) is 0 Å². The maximum atomic E-state index is 5.71. The summed E-state index contributed by atoms with van der Waals surface area (Å²) < 4.78 is 0. The number of rotatable bonds is 4. The lowest BCUT2D eigenvalue weighted by atomic mass is 10.0. The first-order valence-corrected chi connectivity index (χ1v) is 3.62. The van der Waals surface area contributed by atoms with Crippen LogP contribution in [0, 0.1) is 5.92 Å². The lowest BCUT2D eigenvalue weighted by molar-refractivity contribution is 0.477. The molecule has 0 aliphatic rings. The van der Waals surface area contributed by atoms with Gasteiger partial charge in [-0.3, -0.25) is 0 Å². The summed E-state index contributed by atoms with van der Waals surface area (Å²) in [5.41, 5.74) is 11.0. The quantitative estimate of drug-likeness (QED) is 0.589. The fourth-order valence-electron chi connectivity index (χ4n) is 0.937. The van der Waals surface area contributed by atoms with Crippen molar-refractivity contribution in [2.75, 3.05) is 6.54 Å². The van der Waals surface area contributed by atoms with Gasteiger partial charge in [0.1, 0.15) is 0 Å². The molecule has 0 saturated heterocycles. The van der Waals surface area contributed by atoms with Crippen LogP contribution in [-0.4, -0.2) is 12.6 Å². The highest BCUT2D eigenvalue weighted by Crippen LogP contribution is 2.03. The van der Waals surface area contributed by atoms with Crippen LogP contribution >= 0.6 is 0 Å². The van der Waals surface area contributed by atoms with Crippen molar-refractivity contribution in [3.63, 3.8) is 0 Å². The lowest BCUT2D eigenvalue weighted by Gasteiger charge is -2.11. The molecule has 0 amide bonds. The Balaban J connectivity index is 3.15. The molecule has 0 spiro atoms. The van der Waals surface area contributed by atoms with Gasteiger partial charge in [-0.1, -0.05) is 13.8 Å². The molecule has 0 aromatic heterocycles. The first kappa shape index (κ1) is 8.92. The standard InChI is InChI=1S/C7H18N2/c1-6(2)5-7(9)3-4-8/h6-7H,3-5,8-9H2,1-2H3/t7-/m1/s1. The number of hydrogen-bond donors (Lipinski definition) is 2. The van der Waals surface area contributed by atoms with Crippen LogP contribution in [0.4, 0.5) is 0 Å². The van der Waals surface area contributed by atoms with Gasteiger partial charge in [0.2, 0.25) is 0 Å². The summed E-state index contributed by atoms with van der Waals surface area (Å²) in [6.07, 6.45) is 2.05. The van der Waals surface area contributed by atoms with Crippen LogP contribution in [0.1, 0.15) is 26.7 Å². The summed E-state index contributed by atoms with van der Waals surface area (Å²) in [7, 11) is 0. The topological polar surface area (TPSA) is 52.0 Å². The van der Waals surface area contributed by atoms with Crippen LogP contribution in [0.5, 0.6) is 0 Å². The van der Waals surface area contributed by atoms with E-state index >= 15 is 0 Å². The van der Waals surface area contributed by atoms with E-state index in [4.69, 9.17) is 11.5 Å². The molecule has 0 aromatic rings. The van der Waals surface area contributed by atoms with Crippen molar-refractivity contribution in [2.45, 2.75) is 32.7 Å². The third-order valence-corrected chi connectivity index (χ3v) is 1.31. The van der Waals surface area contributed by atoms with E-state index in [0.717, 1.165) is 12.8 Å². The van der Waals surface area contributed by atoms with E-state index in [-0.39, 0.29) is 0 Å². The van der Waals surface area contributed by atoms with Gasteiger partial charge < -0.3 is 11.5 Å². The molecule has 0 heterocycles. The molecule has 2 heteroatoms. The predicted octanol–water partition coefficient (Wildman–Crippen LogP) is 0.709. The molecule has 9 heavy (non-hydrogen) atoms. The third kappa shape index (κ3) is 5.80. The summed E-state index contributed by atoms with van der Waals surface area (Å²) in [5, 5.41) is 0. The second-order valence-electron chi connectivity index (χ2n) is 2.97. The molecule has 56 valence electrons. The molecule has 0 aromatic carbocycles. The van der Waals surface area contributed by atoms with E-state index < -0.39 is 0 Å². The normalized spacial score (nSPS) is 14.3. The molecule has 0 rings (SSSR count). The van der Waals surface area contributed by atoms with Crippen molar-refractivity contribution in [1.29, 1.82) is 0 Å². The largest absolute Gasteiger partial charge is 0.330 e. The minimum absolute atomic E-state index is 0.315. The zero-order chi connectivity index (χ0) is 7.28. The van der Waals surface area contributed by atoms with Gasteiger partial charge in [-0.05, 0) is 25.3 Å². The van der Waals surface area contributed by atoms with Crippen LogP contribution in [-0.2, 0) is 0 Å². The molecule has 0 radical (unpaired) electrons. The van der Waals surface area contributed by atoms with Crippen molar-refractivity contribution in [2.24, 2.45) is 17.4 Å². The van der Waals surface area contributed by atoms with Gasteiger partial charge in [0.15, 0.2) is 0 Å². The second-order valence-corrected chi connectivity index (χ2v) is 2.97. The smallest absolute Gasteiger partial charge is 0.00532 e. The number of hydrogen-bond acceptors (Lipinski definition) is 2. The zero-order valence-corrected chi connectivity index (χ0v) is 6.43. The molecule has 0 unspecified atom stereocenters. The van der Waals surface area contributed by atoms with Gasteiger partial charge in [-0.15, -0.1) is 0 Å². The Morgan fingerprint density at radius 2 is 1.89 bits per heavy atom. The molecule has 0 aliphatic heterocycles. The van der Waals surface area contributed by atoms with E-state index in [1.54, 1.807) is 0 Å². The van der Waals surface area contributed by atoms with Crippen LogP contribution in [0.25, 0.3) is 0 Å². The van der Waals surface area contributed by atoms with Gasteiger partial charge in [-0.2, -0.15) is 0 Å². The summed E-state index contributed by atoms with van der Waals surface area (Å²) >= 11 is 0. The molecule has 4 N–H and O–H groups in total. The van der Waals surface area contributed by atoms with E-state index in [2.05, 4.69) is 13.8 Å². The molecule has 0 saturated carbocycles. The summed E-state index contributed by atoms with van der Waals surface area (Å²) in [4.78, 5) is 0. The molecule has 0 fully saturated rings. The van der Waals surface area contributed by atoms with Gasteiger partial charge in [0, 0.05) is 6.04 Å². The summed E-state index contributed by atoms with van der Waals surface area (Å²) in [6, 6.07) is 0.315. The molecule has 0 aliphatic carbocycles. The monoisotopic (exact) mass is 130 g/mol. The minimum Gasteiger partial charge on any atom is -0.330 e. The van der Waals surface area contributed by atoms with Gasteiger partial charge in [-0.25, -0.2) is 0 Å². The van der Waals surface area contributed by atoms with E-state index in [9.17, 15) is 0 Å². The molecule has 2 nitrogen and oxygen atoms in total. The maximum absolute atomic E-state index is 5.71. The maximum Gasteiger partial charge on any atom is 0.00532 e. The Morgan fingerprint density at radius 1 is 1.33 bits per heavy atom. The Morgan fingerprint density at radius 3 is 2.22 bits per heavy atom. The SMILES string of the molecule is CC(C)C[C@H](N)CCN. The highest BCUT2D eigenvalue weighted by atomic mass is 14.6. The van der Waals surface area contributed by atoms with Crippen LogP contribution in [0.2, 0.25) is 0 Å². The van der Waals surface area contributed by atoms with Gasteiger partial charge in [0.25, 0.3) is 0 Å². The third-order valence-electron chi connectivity index (χ3n) is 1.31. The average molecular weight is 130 g/mol. The minimum atomic E-state index is 0.315. The van der Waals surface area contributed by atoms with Crippen molar-refractivity contribution in [1.82, 2.24) is 0 Å². The van der Waals surface area contributed by atoms with E-state index in [0.29, 0.717) is 18.5 Å².